The van der Waals surface area contributed by atoms with Crippen LogP contribution in [0.3, 0.4) is 0 Å². The van der Waals surface area contributed by atoms with Gasteiger partial charge in [-0.1, -0.05) is 6.07 Å². The highest BCUT2D eigenvalue weighted by Crippen LogP contribution is 2.18. The van der Waals surface area contributed by atoms with Gasteiger partial charge in [0.2, 0.25) is 5.91 Å². The van der Waals surface area contributed by atoms with Crippen LogP contribution in [-0.2, 0) is 4.79 Å². The number of carbonyl (C=O) groups is 1. The van der Waals surface area contributed by atoms with Gasteiger partial charge in [-0.15, -0.1) is 12.4 Å². The maximum atomic E-state index is 12.0. The van der Waals surface area contributed by atoms with Crippen LogP contribution >= 0.6 is 35.0 Å². The average Bonchev–Trinajstić information content (AvgIpc) is 2.77. The monoisotopic (exact) mass is 409 g/mol. The topological polar surface area (TPSA) is 58.4 Å². The summed E-state index contributed by atoms with van der Waals surface area (Å²) in [6, 6.07) is 8.04. The minimum absolute atomic E-state index is 0. The van der Waals surface area contributed by atoms with E-state index in [1.807, 2.05) is 31.2 Å². The largest absolute Gasteiger partial charge is 0.328 e. The molecule has 3 N–H and O–H groups in total. The quantitative estimate of drug-likeness (QED) is 0.751. The van der Waals surface area contributed by atoms with E-state index in [9.17, 15) is 4.79 Å². The first-order chi connectivity index (χ1) is 9.04. The Kier molecular flexibility index (Phi) is 7.22. The van der Waals surface area contributed by atoms with E-state index in [2.05, 4.69) is 32.8 Å². The Morgan fingerprint density at radius 3 is 2.95 bits per heavy atom. The standard InChI is InChI=1S/C14H20IN3O.ClH/c1-10(16)11-5-6-18(8-11)9-14(19)17-13-4-2-3-12(15)7-13;/h2-4,7,10-11H,5-6,8-9,16H2,1H3,(H,17,19);1H. The van der Waals surface area contributed by atoms with E-state index in [0.29, 0.717) is 12.5 Å². The SMILES string of the molecule is CC(N)C1CCN(CC(=O)Nc2cccc(I)c2)C1.Cl. The number of carbonyl (C=O) groups excluding carboxylic acids is 1. The number of benzene rings is 1. The highest BCUT2D eigenvalue weighted by Gasteiger charge is 2.26. The molecule has 0 aliphatic carbocycles. The first-order valence-electron chi connectivity index (χ1n) is 6.58. The van der Waals surface area contributed by atoms with Crippen molar-refractivity contribution in [3.63, 3.8) is 0 Å². The predicted molar refractivity (Wildman–Crippen MR) is 93.2 cm³/mol. The van der Waals surface area contributed by atoms with Gasteiger partial charge in [-0.25, -0.2) is 0 Å². The molecule has 1 fully saturated rings. The second kappa shape index (κ2) is 8.17. The zero-order valence-corrected chi connectivity index (χ0v) is 14.5. The molecule has 20 heavy (non-hydrogen) atoms. The Bertz CT molecular complexity index is 456. The van der Waals surface area contributed by atoms with Gasteiger partial charge >= 0.3 is 0 Å². The summed E-state index contributed by atoms with van der Waals surface area (Å²) in [5, 5.41) is 2.94. The van der Waals surface area contributed by atoms with Gasteiger partial charge in [-0.2, -0.15) is 0 Å². The van der Waals surface area contributed by atoms with Crippen LogP contribution in [0.4, 0.5) is 5.69 Å². The molecule has 112 valence electrons. The number of nitrogens with two attached hydrogens (primary N) is 1. The van der Waals surface area contributed by atoms with Crippen LogP contribution in [-0.4, -0.2) is 36.5 Å². The zero-order valence-electron chi connectivity index (χ0n) is 11.5. The van der Waals surface area contributed by atoms with Gasteiger partial charge in [0.15, 0.2) is 0 Å². The molecule has 6 heteroatoms. The molecule has 4 nitrogen and oxygen atoms in total. The summed E-state index contributed by atoms with van der Waals surface area (Å²) in [5.41, 5.74) is 6.76. The number of nitrogens with one attached hydrogen (secondary N) is 1. The van der Waals surface area contributed by atoms with E-state index in [-0.39, 0.29) is 24.4 Å². The molecule has 1 amide bonds. The minimum Gasteiger partial charge on any atom is -0.328 e. The molecule has 0 radical (unpaired) electrons. The van der Waals surface area contributed by atoms with Gasteiger partial charge in [0.1, 0.15) is 0 Å². The van der Waals surface area contributed by atoms with Gasteiger partial charge in [0, 0.05) is 21.8 Å². The second-order valence-corrected chi connectivity index (χ2v) is 6.45. The Hall–Kier alpha value is -0.370. The summed E-state index contributed by atoms with van der Waals surface area (Å²) in [6.45, 7) is 4.39. The van der Waals surface area contributed by atoms with Gasteiger partial charge in [-0.05, 0) is 66.6 Å². The van der Waals surface area contributed by atoms with E-state index in [1.165, 1.54) is 0 Å². The van der Waals surface area contributed by atoms with Crippen LogP contribution in [0.1, 0.15) is 13.3 Å². The summed E-state index contributed by atoms with van der Waals surface area (Å²) in [6.07, 6.45) is 1.09. The summed E-state index contributed by atoms with van der Waals surface area (Å²) in [4.78, 5) is 14.1. The average molecular weight is 410 g/mol. The fourth-order valence-corrected chi connectivity index (χ4v) is 2.95. The maximum Gasteiger partial charge on any atom is 0.238 e. The normalized spacial score (nSPS) is 20.2. The molecule has 0 aromatic heterocycles. The Balaban J connectivity index is 0.00000200. The molecular formula is C14H21ClIN3O. The van der Waals surface area contributed by atoms with E-state index >= 15 is 0 Å². The smallest absolute Gasteiger partial charge is 0.238 e. The highest BCUT2D eigenvalue weighted by atomic mass is 127. The first-order valence-corrected chi connectivity index (χ1v) is 7.66. The molecule has 1 heterocycles. The van der Waals surface area contributed by atoms with Crippen LogP contribution in [0.2, 0.25) is 0 Å². The Morgan fingerprint density at radius 1 is 1.60 bits per heavy atom. The van der Waals surface area contributed by atoms with E-state index in [1.54, 1.807) is 0 Å². The molecule has 0 spiro atoms. The van der Waals surface area contributed by atoms with Crippen molar-refractivity contribution in [2.45, 2.75) is 19.4 Å². The van der Waals surface area contributed by atoms with Crippen molar-refractivity contribution >= 4 is 46.6 Å². The Morgan fingerprint density at radius 2 is 2.35 bits per heavy atom. The number of halogens is 2. The van der Waals surface area contributed by atoms with Crippen molar-refractivity contribution in [1.29, 1.82) is 0 Å². The maximum absolute atomic E-state index is 12.0. The molecule has 0 bridgehead atoms. The second-order valence-electron chi connectivity index (χ2n) is 5.20. The zero-order chi connectivity index (χ0) is 13.8. The summed E-state index contributed by atoms with van der Waals surface area (Å²) >= 11 is 2.24. The number of hydrogen-bond acceptors (Lipinski definition) is 3. The van der Waals surface area contributed by atoms with Crippen molar-refractivity contribution in [2.24, 2.45) is 11.7 Å². The van der Waals surface area contributed by atoms with E-state index in [4.69, 9.17) is 5.73 Å². The third kappa shape index (κ3) is 5.20. The Labute approximate surface area is 140 Å². The van der Waals surface area contributed by atoms with Crippen LogP contribution in [0, 0.1) is 9.49 Å². The van der Waals surface area contributed by atoms with Crippen molar-refractivity contribution in [1.82, 2.24) is 4.90 Å². The molecule has 0 saturated carbocycles. The van der Waals surface area contributed by atoms with Crippen LogP contribution < -0.4 is 11.1 Å². The summed E-state index contributed by atoms with van der Waals surface area (Å²) in [5.74, 6) is 0.567. The van der Waals surface area contributed by atoms with E-state index in [0.717, 1.165) is 28.8 Å². The molecule has 1 aliphatic rings. The summed E-state index contributed by atoms with van der Waals surface area (Å²) in [7, 11) is 0. The molecule has 2 unspecified atom stereocenters. The molecular weight excluding hydrogens is 389 g/mol. The fraction of sp³-hybridized carbons (Fsp3) is 0.500. The number of hydrogen-bond donors (Lipinski definition) is 2. The number of nitrogens with zero attached hydrogens (tertiary/aromatic N) is 1. The van der Waals surface area contributed by atoms with Crippen molar-refractivity contribution in [3.05, 3.63) is 27.8 Å². The van der Waals surface area contributed by atoms with E-state index < -0.39 is 0 Å². The fourth-order valence-electron chi connectivity index (χ4n) is 2.41. The molecule has 1 aliphatic heterocycles. The first kappa shape index (κ1) is 17.7. The van der Waals surface area contributed by atoms with Crippen molar-refractivity contribution < 1.29 is 4.79 Å². The molecule has 2 rings (SSSR count). The lowest BCUT2D eigenvalue weighted by molar-refractivity contribution is -0.117. The third-order valence-corrected chi connectivity index (χ3v) is 4.20. The van der Waals surface area contributed by atoms with Crippen LogP contribution in [0.5, 0.6) is 0 Å². The van der Waals surface area contributed by atoms with Gasteiger partial charge < -0.3 is 11.1 Å². The number of anilines is 1. The van der Waals surface area contributed by atoms with Gasteiger partial charge in [-0.3, -0.25) is 9.69 Å². The minimum atomic E-state index is 0. The highest BCUT2D eigenvalue weighted by molar-refractivity contribution is 14.1. The molecule has 2 atom stereocenters. The lowest BCUT2D eigenvalue weighted by atomic mass is 10.0. The van der Waals surface area contributed by atoms with Gasteiger partial charge in [0.25, 0.3) is 0 Å². The number of rotatable bonds is 4. The lowest BCUT2D eigenvalue weighted by Gasteiger charge is -2.17. The molecule has 1 aromatic carbocycles. The number of amides is 1. The molecule has 1 saturated heterocycles. The number of likely N-dealkylation sites (tertiary alicyclic amines) is 1. The van der Waals surface area contributed by atoms with Crippen molar-refractivity contribution in [2.75, 3.05) is 25.0 Å². The lowest BCUT2D eigenvalue weighted by Crippen LogP contribution is -2.34. The third-order valence-electron chi connectivity index (χ3n) is 3.53. The predicted octanol–water partition coefficient (Wildman–Crippen LogP) is 2.32. The molecule has 1 aromatic rings. The van der Waals surface area contributed by atoms with Crippen molar-refractivity contribution in [3.8, 4) is 0 Å². The summed E-state index contributed by atoms with van der Waals surface area (Å²) < 4.78 is 1.12. The van der Waals surface area contributed by atoms with Gasteiger partial charge in [0.05, 0.1) is 6.54 Å². The van der Waals surface area contributed by atoms with Crippen LogP contribution in [0.15, 0.2) is 24.3 Å². The van der Waals surface area contributed by atoms with Crippen LogP contribution in [0.25, 0.3) is 0 Å².